The van der Waals surface area contributed by atoms with Crippen molar-refractivity contribution in [1.82, 2.24) is 19.7 Å². The van der Waals surface area contributed by atoms with Crippen LogP contribution in [0.5, 0.6) is 0 Å². The molecule has 7 nitrogen and oxygen atoms in total. The van der Waals surface area contributed by atoms with Crippen LogP contribution in [0.15, 0.2) is 30.3 Å². The minimum Gasteiger partial charge on any atom is -0.477 e. The fraction of sp³-hybridized carbons (Fsp3) is 0.409. The van der Waals surface area contributed by atoms with Crippen molar-refractivity contribution in [1.29, 1.82) is 0 Å². The number of fused-ring (bicyclic) bond motifs is 1. The zero-order valence-electron chi connectivity index (χ0n) is 18.1. The summed E-state index contributed by atoms with van der Waals surface area (Å²) in [6.45, 7) is 3.87. The number of pyridine rings is 1. The van der Waals surface area contributed by atoms with E-state index < -0.39 is 24.5 Å². The molecule has 0 radical (unpaired) electrons. The van der Waals surface area contributed by atoms with E-state index >= 15 is 0 Å². The number of piperazine rings is 1. The van der Waals surface area contributed by atoms with Gasteiger partial charge in [-0.2, -0.15) is 18.3 Å². The maximum Gasteiger partial charge on any atom is 0.401 e. The van der Waals surface area contributed by atoms with Crippen LogP contribution in [-0.4, -0.2) is 69.6 Å². The van der Waals surface area contributed by atoms with Crippen molar-refractivity contribution in [3.05, 3.63) is 47.5 Å². The van der Waals surface area contributed by atoms with Crippen molar-refractivity contribution in [3.8, 4) is 5.69 Å². The fourth-order valence-corrected chi connectivity index (χ4v) is 4.05. The molecule has 0 saturated carbocycles. The molecule has 0 bridgehead atoms. The molecule has 3 heterocycles. The number of benzene rings is 1. The fourth-order valence-electron chi connectivity index (χ4n) is 4.05. The Morgan fingerprint density at radius 3 is 2.30 bits per heavy atom. The number of hydrogen-bond donors (Lipinski definition) is 1. The molecule has 0 atom stereocenters. The van der Waals surface area contributed by atoms with Gasteiger partial charge in [0.05, 0.1) is 29.0 Å². The van der Waals surface area contributed by atoms with Gasteiger partial charge >= 0.3 is 12.1 Å². The summed E-state index contributed by atoms with van der Waals surface area (Å²) in [6, 6.07) is 7.05. The van der Waals surface area contributed by atoms with Gasteiger partial charge in [-0.05, 0) is 36.2 Å². The Balaban J connectivity index is 1.82. The van der Waals surface area contributed by atoms with Crippen molar-refractivity contribution in [2.45, 2.75) is 25.9 Å². The first-order chi connectivity index (χ1) is 15.5. The van der Waals surface area contributed by atoms with Crippen LogP contribution in [0.1, 0.15) is 35.9 Å². The summed E-state index contributed by atoms with van der Waals surface area (Å²) in [6.07, 6.45) is -4.27. The summed E-state index contributed by atoms with van der Waals surface area (Å²) in [5.74, 6) is -1.69. The lowest BCUT2D eigenvalue weighted by atomic mass is 10.0. The van der Waals surface area contributed by atoms with Gasteiger partial charge in [0.15, 0.2) is 11.3 Å². The Hall–Kier alpha value is -3.21. The predicted octanol–water partition coefficient (Wildman–Crippen LogP) is 4.07. The highest BCUT2D eigenvalue weighted by atomic mass is 19.4. The second-order valence-electron chi connectivity index (χ2n) is 8.34. The molecule has 11 heteroatoms. The van der Waals surface area contributed by atoms with Gasteiger partial charge in [-0.25, -0.2) is 18.9 Å². The van der Waals surface area contributed by atoms with Gasteiger partial charge < -0.3 is 10.0 Å². The zero-order valence-corrected chi connectivity index (χ0v) is 18.1. The number of carboxylic acids is 1. The molecule has 1 aromatic carbocycles. The van der Waals surface area contributed by atoms with E-state index in [1.54, 1.807) is 0 Å². The Labute approximate surface area is 187 Å². The standard InChI is InChI=1S/C22H23F4N5O2/c1-13(2)19-18-17(30-9-7-29(8-10-30)12-22(24,25)26)11-16(21(32)33)27-20(18)31(28-19)15-5-3-14(23)4-6-15/h3-6,11,13H,7-10,12H2,1-2H3,(H,32,33). The Morgan fingerprint density at radius 2 is 1.76 bits per heavy atom. The molecule has 0 spiro atoms. The number of carboxylic acid groups (broad SMARTS) is 1. The van der Waals surface area contributed by atoms with Gasteiger partial charge in [-0.3, -0.25) is 4.90 Å². The number of aromatic nitrogens is 3. The minimum atomic E-state index is -4.27. The van der Waals surface area contributed by atoms with Crippen LogP contribution in [0.4, 0.5) is 23.2 Å². The van der Waals surface area contributed by atoms with Gasteiger partial charge in [0, 0.05) is 26.2 Å². The molecule has 33 heavy (non-hydrogen) atoms. The molecule has 4 rings (SSSR count). The third-order valence-electron chi connectivity index (χ3n) is 5.60. The number of carbonyl (C=O) groups is 1. The smallest absolute Gasteiger partial charge is 0.401 e. The highest BCUT2D eigenvalue weighted by Crippen LogP contribution is 2.35. The molecule has 1 aliphatic rings. The largest absolute Gasteiger partial charge is 0.477 e. The molecule has 1 N–H and O–H groups in total. The van der Waals surface area contributed by atoms with Crippen LogP contribution in [-0.2, 0) is 0 Å². The van der Waals surface area contributed by atoms with Crippen LogP contribution in [0.25, 0.3) is 16.7 Å². The van der Waals surface area contributed by atoms with E-state index in [-0.39, 0.29) is 24.7 Å². The van der Waals surface area contributed by atoms with E-state index in [4.69, 9.17) is 0 Å². The molecule has 0 unspecified atom stereocenters. The van der Waals surface area contributed by atoms with Crippen LogP contribution in [0, 0.1) is 5.82 Å². The monoisotopic (exact) mass is 465 g/mol. The topological polar surface area (TPSA) is 74.5 Å². The minimum absolute atomic E-state index is 0.0445. The highest BCUT2D eigenvalue weighted by Gasteiger charge is 2.33. The average molecular weight is 465 g/mol. The molecule has 0 amide bonds. The summed E-state index contributed by atoms with van der Waals surface area (Å²) in [7, 11) is 0. The third kappa shape index (κ3) is 4.77. The van der Waals surface area contributed by atoms with E-state index in [1.807, 2.05) is 18.7 Å². The van der Waals surface area contributed by atoms with Crippen molar-refractivity contribution < 1.29 is 27.5 Å². The predicted molar refractivity (Wildman–Crippen MR) is 115 cm³/mol. The lowest BCUT2D eigenvalue weighted by molar-refractivity contribution is -0.146. The second-order valence-corrected chi connectivity index (χ2v) is 8.34. The first-order valence-corrected chi connectivity index (χ1v) is 10.5. The molecule has 2 aromatic heterocycles. The average Bonchev–Trinajstić information content (AvgIpc) is 3.13. The number of halogens is 4. The SMILES string of the molecule is CC(C)c1nn(-c2ccc(F)cc2)c2nc(C(=O)O)cc(N3CCN(CC(F)(F)F)CC3)c12. The molecule has 3 aromatic rings. The summed E-state index contributed by atoms with van der Waals surface area (Å²) < 4.78 is 53.3. The first-order valence-electron chi connectivity index (χ1n) is 10.5. The van der Waals surface area contributed by atoms with Crippen LogP contribution < -0.4 is 4.90 Å². The van der Waals surface area contributed by atoms with Crippen LogP contribution in [0.2, 0.25) is 0 Å². The van der Waals surface area contributed by atoms with E-state index in [0.29, 0.717) is 41.2 Å². The highest BCUT2D eigenvalue weighted by molar-refractivity contribution is 5.98. The van der Waals surface area contributed by atoms with E-state index in [0.717, 1.165) is 0 Å². The molecular weight excluding hydrogens is 442 g/mol. The maximum atomic E-state index is 13.5. The summed E-state index contributed by atoms with van der Waals surface area (Å²) >= 11 is 0. The van der Waals surface area contributed by atoms with Crippen molar-refractivity contribution in [2.24, 2.45) is 0 Å². The maximum absolute atomic E-state index is 13.5. The van der Waals surface area contributed by atoms with Gasteiger partial charge in [0.1, 0.15) is 5.82 Å². The number of anilines is 1. The van der Waals surface area contributed by atoms with Crippen molar-refractivity contribution in [3.63, 3.8) is 0 Å². The van der Waals surface area contributed by atoms with Crippen LogP contribution in [0.3, 0.4) is 0 Å². The van der Waals surface area contributed by atoms with Crippen molar-refractivity contribution in [2.75, 3.05) is 37.6 Å². The Kier molecular flexibility index (Phi) is 6.00. The molecule has 0 aliphatic carbocycles. The number of hydrogen-bond acceptors (Lipinski definition) is 5. The summed E-state index contributed by atoms with van der Waals surface area (Å²) in [4.78, 5) is 19.4. The molecule has 1 saturated heterocycles. The van der Waals surface area contributed by atoms with Crippen molar-refractivity contribution >= 4 is 22.7 Å². The van der Waals surface area contributed by atoms with E-state index in [1.165, 1.54) is 39.9 Å². The van der Waals surface area contributed by atoms with Gasteiger partial charge in [-0.1, -0.05) is 13.8 Å². The van der Waals surface area contributed by atoms with E-state index in [9.17, 15) is 27.5 Å². The first kappa shape index (κ1) is 23.0. The molecule has 176 valence electrons. The van der Waals surface area contributed by atoms with Crippen LogP contribution >= 0.6 is 0 Å². The molecule has 1 fully saturated rings. The number of aromatic carboxylic acids is 1. The number of nitrogens with zero attached hydrogens (tertiary/aromatic N) is 5. The van der Waals surface area contributed by atoms with Gasteiger partial charge in [0.25, 0.3) is 0 Å². The quantitative estimate of drug-likeness (QED) is 0.573. The molecule has 1 aliphatic heterocycles. The van der Waals surface area contributed by atoms with Gasteiger partial charge in [-0.15, -0.1) is 0 Å². The zero-order chi connectivity index (χ0) is 23.9. The second kappa shape index (κ2) is 8.62. The van der Waals surface area contributed by atoms with Gasteiger partial charge in [0.2, 0.25) is 0 Å². The Bertz CT molecular complexity index is 1170. The summed E-state index contributed by atoms with van der Waals surface area (Å²) in [5.41, 5.74) is 1.86. The lowest BCUT2D eigenvalue weighted by Crippen LogP contribution is -2.49. The number of rotatable bonds is 5. The van der Waals surface area contributed by atoms with E-state index in [2.05, 4.69) is 10.1 Å². The molecular formula is C22H23F4N5O2. The summed E-state index contributed by atoms with van der Waals surface area (Å²) in [5, 5.41) is 15.0. The number of alkyl halides is 3. The lowest BCUT2D eigenvalue weighted by Gasteiger charge is -2.36. The Morgan fingerprint density at radius 1 is 1.12 bits per heavy atom. The third-order valence-corrected chi connectivity index (χ3v) is 5.60. The normalized spacial score (nSPS) is 15.5.